The number of hydrogen-bond acceptors (Lipinski definition) is 4. The molecule has 0 amide bonds. The van der Waals surface area contributed by atoms with Gasteiger partial charge < -0.3 is 4.74 Å². The van der Waals surface area contributed by atoms with E-state index >= 15 is 0 Å². The molecule has 0 unspecified atom stereocenters. The second kappa shape index (κ2) is 5.99. The number of rotatable bonds is 3. The summed E-state index contributed by atoms with van der Waals surface area (Å²) in [5.74, 6) is 0.582. The number of nitrogens with zero attached hydrogens (tertiary/aromatic N) is 1. The summed E-state index contributed by atoms with van der Waals surface area (Å²) in [6.07, 6.45) is 2.00. The molecule has 0 aliphatic carbocycles. The Kier molecular flexibility index (Phi) is 4.21. The molecular weight excluding hydrogens is 338 g/mol. The van der Waals surface area contributed by atoms with Crippen LogP contribution in [0.5, 0.6) is 5.75 Å². The van der Waals surface area contributed by atoms with Crippen LogP contribution in [0.2, 0.25) is 5.02 Å². The Labute approximate surface area is 141 Å². The Balaban J connectivity index is 2.16. The summed E-state index contributed by atoms with van der Waals surface area (Å²) < 4.78 is 8.07. The topological polar surface area (TPSA) is 31.2 Å². The van der Waals surface area contributed by atoms with Crippen molar-refractivity contribution in [2.45, 2.75) is 11.1 Å². The molecule has 0 saturated heterocycles. The Bertz CT molecular complexity index is 867. The van der Waals surface area contributed by atoms with Gasteiger partial charge in [-0.1, -0.05) is 11.6 Å². The van der Waals surface area contributed by atoms with Crippen molar-refractivity contribution in [2.24, 2.45) is 0 Å². The summed E-state index contributed by atoms with van der Waals surface area (Å²) in [7, 11) is 1.58. The van der Waals surface area contributed by atoms with E-state index in [4.69, 9.17) is 16.3 Å². The van der Waals surface area contributed by atoms with Gasteiger partial charge in [0.2, 0.25) is 0 Å². The van der Waals surface area contributed by atoms with Crippen molar-refractivity contribution in [2.75, 3.05) is 13.4 Å². The van der Waals surface area contributed by atoms with Crippen LogP contribution in [0, 0.1) is 6.92 Å². The lowest BCUT2D eigenvalue weighted by atomic mass is 10.2. The molecule has 0 saturated carbocycles. The fourth-order valence-electron chi connectivity index (χ4n) is 2.44. The van der Waals surface area contributed by atoms with Crippen molar-refractivity contribution in [3.8, 4) is 5.75 Å². The molecule has 1 aromatic carbocycles. The SMILES string of the molecule is COc1ccc2c(cc(C)n2C(=O)c2ccc(SC)s2)c1Cl. The summed E-state index contributed by atoms with van der Waals surface area (Å²) in [4.78, 5) is 13.5. The van der Waals surface area contributed by atoms with Gasteiger partial charge in [0, 0.05) is 11.1 Å². The highest BCUT2D eigenvalue weighted by atomic mass is 35.5. The number of ether oxygens (including phenoxy) is 1. The van der Waals surface area contributed by atoms with Crippen molar-refractivity contribution >= 4 is 51.5 Å². The van der Waals surface area contributed by atoms with Crippen LogP contribution in [0.15, 0.2) is 34.5 Å². The van der Waals surface area contributed by atoms with Crippen molar-refractivity contribution in [3.63, 3.8) is 0 Å². The molecule has 0 radical (unpaired) electrons. The molecule has 0 atom stereocenters. The molecule has 6 heteroatoms. The van der Waals surface area contributed by atoms with Crippen LogP contribution < -0.4 is 4.74 Å². The summed E-state index contributed by atoms with van der Waals surface area (Å²) in [5, 5.41) is 1.36. The minimum atomic E-state index is -0.0287. The highest BCUT2D eigenvalue weighted by Gasteiger charge is 2.19. The van der Waals surface area contributed by atoms with Gasteiger partial charge in [0.25, 0.3) is 5.91 Å². The van der Waals surface area contributed by atoms with Gasteiger partial charge >= 0.3 is 0 Å². The van der Waals surface area contributed by atoms with Gasteiger partial charge in [-0.3, -0.25) is 9.36 Å². The number of aryl methyl sites for hydroxylation is 1. The molecule has 0 aliphatic heterocycles. The number of methoxy groups -OCH3 is 1. The molecule has 3 rings (SSSR count). The van der Waals surface area contributed by atoms with Gasteiger partial charge in [0.15, 0.2) is 0 Å². The third kappa shape index (κ3) is 2.43. The van der Waals surface area contributed by atoms with Crippen molar-refractivity contribution in [1.82, 2.24) is 4.57 Å². The normalized spacial score (nSPS) is 11.1. The second-order valence-electron chi connectivity index (χ2n) is 4.76. The monoisotopic (exact) mass is 351 g/mol. The van der Waals surface area contributed by atoms with Gasteiger partial charge in [-0.05, 0) is 43.5 Å². The van der Waals surface area contributed by atoms with E-state index in [0.717, 1.165) is 25.7 Å². The van der Waals surface area contributed by atoms with E-state index < -0.39 is 0 Å². The molecule has 2 aromatic heterocycles. The predicted molar refractivity (Wildman–Crippen MR) is 94.1 cm³/mol. The molecule has 3 aromatic rings. The van der Waals surface area contributed by atoms with E-state index in [9.17, 15) is 4.79 Å². The number of halogens is 1. The zero-order valence-electron chi connectivity index (χ0n) is 12.3. The molecule has 0 N–H and O–H groups in total. The van der Waals surface area contributed by atoms with Crippen molar-refractivity contribution in [1.29, 1.82) is 0 Å². The van der Waals surface area contributed by atoms with Crippen LogP contribution in [-0.2, 0) is 0 Å². The maximum absolute atomic E-state index is 12.8. The van der Waals surface area contributed by atoms with Crippen molar-refractivity contribution in [3.05, 3.63) is 45.9 Å². The number of hydrogen-bond donors (Lipinski definition) is 0. The van der Waals surface area contributed by atoms with E-state index in [2.05, 4.69) is 0 Å². The zero-order chi connectivity index (χ0) is 15.9. The van der Waals surface area contributed by atoms with Crippen LogP contribution in [0.25, 0.3) is 10.9 Å². The number of thioether (sulfide) groups is 1. The van der Waals surface area contributed by atoms with E-state index in [1.807, 2.05) is 37.4 Å². The van der Waals surface area contributed by atoms with E-state index in [1.54, 1.807) is 29.5 Å². The Morgan fingerprint density at radius 2 is 2.09 bits per heavy atom. The Morgan fingerprint density at radius 3 is 2.73 bits per heavy atom. The van der Waals surface area contributed by atoms with E-state index in [0.29, 0.717) is 10.8 Å². The number of thiophene rings is 1. The third-order valence-corrected chi connectivity index (χ3v) is 6.03. The number of carbonyl (C=O) groups is 1. The van der Waals surface area contributed by atoms with Crippen molar-refractivity contribution < 1.29 is 9.53 Å². The molecule has 0 bridgehead atoms. The van der Waals surface area contributed by atoms with Gasteiger partial charge in [-0.15, -0.1) is 23.1 Å². The fraction of sp³-hybridized carbons (Fsp3) is 0.188. The molecule has 0 spiro atoms. The zero-order valence-corrected chi connectivity index (χ0v) is 14.7. The highest BCUT2D eigenvalue weighted by molar-refractivity contribution is 8.00. The molecule has 0 aliphatic rings. The highest BCUT2D eigenvalue weighted by Crippen LogP contribution is 2.35. The molecule has 2 heterocycles. The first kappa shape index (κ1) is 15.5. The Hall–Kier alpha value is -1.43. The lowest BCUT2D eigenvalue weighted by Crippen LogP contribution is -2.11. The fourth-order valence-corrected chi connectivity index (χ4v) is 4.21. The number of aromatic nitrogens is 1. The van der Waals surface area contributed by atoms with Gasteiger partial charge in [0.1, 0.15) is 5.75 Å². The average Bonchev–Trinajstić information content (AvgIpc) is 3.11. The Morgan fingerprint density at radius 1 is 1.32 bits per heavy atom. The average molecular weight is 352 g/mol. The first-order chi connectivity index (χ1) is 10.6. The molecule has 3 nitrogen and oxygen atoms in total. The van der Waals surface area contributed by atoms with Gasteiger partial charge in [0.05, 0.1) is 26.7 Å². The van der Waals surface area contributed by atoms with Crippen LogP contribution in [0.4, 0.5) is 0 Å². The molecular formula is C16H14ClNO2S2. The predicted octanol–water partition coefficient (Wildman–Crippen LogP) is 5.08. The lowest BCUT2D eigenvalue weighted by molar-refractivity contribution is 0.0967. The molecule has 114 valence electrons. The number of fused-ring (bicyclic) bond motifs is 1. The minimum absolute atomic E-state index is 0.0287. The lowest BCUT2D eigenvalue weighted by Gasteiger charge is -2.07. The maximum Gasteiger partial charge on any atom is 0.272 e. The van der Waals surface area contributed by atoms with E-state index in [1.165, 1.54) is 11.3 Å². The standard InChI is InChI=1S/C16H14ClNO2S2/c1-9-8-10-11(4-5-12(20-2)15(10)17)18(9)16(19)13-6-7-14(21-3)22-13/h4-8H,1-3H3. The first-order valence-electron chi connectivity index (χ1n) is 6.60. The number of carbonyl (C=O) groups excluding carboxylic acids is 1. The van der Waals surface area contributed by atoms with Crippen LogP contribution >= 0.6 is 34.7 Å². The largest absolute Gasteiger partial charge is 0.495 e. The summed E-state index contributed by atoms with van der Waals surface area (Å²) >= 11 is 9.50. The quantitative estimate of drug-likeness (QED) is 0.616. The second-order valence-corrected chi connectivity index (χ2v) is 7.33. The van der Waals surface area contributed by atoms with Crippen LogP contribution in [0.1, 0.15) is 15.4 Å². The maximum atomic E-state index is 12.8. The summed E-state index contributed by atoms with van der Waals surface area (Å²) in [6.45, 7) is 1.91. The molecule has 0 fully saturated rings. The van der Waals surface area contributed by atoms with E-state index in [-0.39, 0.29) is 5.91 Å². The van der Waals surface area contributed by atoms with Gasteiger partial charge in [-0.25, -0.2) is 0 Å². The summed E-state index contributed by atoms with van der Waals surface area (Å²) in [5.41, 5.74) is 1.65. The summed E-state index contributed by atoms with van der Waals surface area (Å²) in [6, 6.07) is 9.42. The molecule has 22 heavy (non-hydrogen) atoms. The minimum Gasteiger partial charge on any atom is -0.495 e. The smallest absolute Gasteiger partial charge is 0.272 e. The third-order valence-electron chi connectivity index (χ3n) is 3.48. The van der Waals surface area contributed by atoms with Gasteiger partial charge in [-0.2, -0.15) is 0 Å². The van der Waals surface area contributed by atoms with Crippen LogP contribution in [-0.4, -0.2) is 23.8 Å². The number of benzene rings is 1. The van der Waals surface area contributed by atoms with Crippen LogP contribution in [0.3, 0.4) is 0 Å². The first-order valence-corrected chi connectivity index (χ1v) is 9.01.